The first-order chi connectivity index (χ1) is 13.0. The predicted octanol–water partition coefficient (Wildman–Crippen LogP) is 3.87. The molecule has 4 heteroatoms. The molecular weight excluding hydrogens is 336 g/mol. The number of benzene rings is 2. The maximum absolute atomic E-state index is 12.2. The van der Waals surface area contributed by atoms with Gasteiger partial charge in [0, 0.05) is 25.2 Å². The minimum atomic E-state index is 0.0189. The highest BCUT2D eigenvalue weighted by molar-refractivity contribution is 5.95. The quantitative estimate of drug-likeness (QED) is 0.811. The van der Waals surface area contributed by atoms with E-state index in [2.05, 4.69) is 31.3 Å². The summed E-state index contributed by atoms with van der Waals surface area (Å²) in [4.78, 5) is 25.8. The Labute approximate surface area is 161 Å². The third kappa shape index (κ3) is 5.43. The molecule has 3 rings (SSSR count). The number of nitrogens with zero attached hydrogens (tertiary/aromatic N) is 1. The third-order valence-electron chi connectivity index (χ3n) is 4.84. The molecule has 4 nitrogen and oxygen atoms in total. The first-order valence-corrected chi connectivity index (χ1v) is 9.75. The van der Waals surface area contributed by atoms with E-state index in [1.165, 1.54) is 5.56 Å². The Hall–Kier alpha value is -2.62. The molecule has 142 valence electrons. The van der Waals surface area contributed by atoms with Crippen molar-refractivity contribution in [1.29, 1.82) is 0 Å². The van der Waals surface area contributed by atoms with Crippen molar-refractivity contribution in [3.05, 3.63) is 65.2 Å². The van der Waals surface area contributed by atoms with Gasteiger partial charge in [0.15, 0.2) is 0 Å². The van der Waals surface area contributed by atoms with Gasteiger partial charge >= 0.3 is 0 Å². The van der Waals surface area contributed by atoms with E-state index in [4.69, 9.17) is 0 Å². The van der Waals surface area contributed by atoms with E-state index in [1.54, 1.807) is 0 Å². The molecule has 2 aromatic rings. The Kier molecular flexibility index (Phi) is 6.28. The number of carbonyl (C=O) groups is 2. The van der Waals surface area contributed by atoms with E-state index < -0.39 is 0 Å². The fraction of sp³-hybridized carbons (Fsp3) is 0.391. The van der Waals surface area contributed by atoms with Crippen LogP contribution in [0, 0.1) is 5.92 Å². The topological polar surface area (TPSA) is 49.4 Å². The lowest BCUT2D eigenvalue weighted by atomic mass is 10.0. The van der Waals surface area contributed by atoms with Crippen LogP contribution in [0.25, 0.3) is 0 Å². The second-order valence-corrected chi connectivity index (χ2v) is 7.68. The zero-order valence-corrected chi connectivity index (χ0v) is 16.2. The first kappa shape index (κ1) is 19.2. The number of rotatable bonds is 7. The number of hydrogen-bond donors (Lipinski definition) is 1. The van der Waals surface area contributed by atoms with Crippen LogP contribution in [0.5, 0.6) is 0 Å². The Morgan fingerprint density at radius 1 is 1.00 bits per heavy atom. The maximum Gasteiger partial charge on any atom is 0.227 e. The molecule has 0 bridgehead atoms. The number of amides is 2. The number of carbonyl (C=O) groups excluding carboxylic acids is 2. The average Bonchev–Trinajstić information content (AvgIpc) is 3.08. The highest BCUT2D eigenvalue weighted by atomic mass is 16.2. The summed E-state index contributed by atoms with van der Waals surface area (Å²) in [6.45, 7) is 5.71. The van der Waals surface area contributed by atoms with E-state index in [0.29, 0.717) is 25.3 Å². The van der Waals surface area contributed by atoms with Crippen molar-refractivity contribution in [2.24, 2.45) is 5.92 Å². The normalized spacial score (nSPS) is 14.0. The standard InChI is InChI=1S/C23H28N2O2/c1-17(2)14-18-5-7-19(8-6-18)15-22(26)24-16-20-9-11-21(12-10-20)25-13-3-4-23(25)27/h5-12,17H,3-4,13-16H2,1-2H3,(H,24,26). The summed E-state index contributed by atoms with van der Waals surface area (Å²) in [5.41, 5.74) is 4.31. The van der Waals surface area contributed by atoms with Gasteiger partial charge in [-0.15, -0.1) is 0 Å². The van der Waals surface area contributed by atoms with E-state index in [0.717, 1.165) is 36.2 Å². The molecule has 0 atom stereocenters. The molecule has 0 unspecified atom stereocenters. The van der Waals surface area contributed by atoms with Crippen LogP contribution in [0.2, 0.25) is 0 Å². The minimum absolute atomic E-state index is 0.0189. The molecule has 0 spiro atoms. The van der Waals surface area contributed by atoms with E-state index in [1.807, 2.05) is 41.3 Å². The van der Waals surface area contributed by atoms with Crippen molar-refractivity contribution in [2.75, 3.05) is 11.4 Å². The second kappa shape index (κ2) is 8.85. The van der Waals surface area contributed by atoms with Gasteiger partial charge in [0.2, 0.25) is 11.8 Å². The monoisotopic (exact) mass is 364 g/mol. The Balaban J connectivity index is 1.48. The largest absolute Gasteiger partial charge is 0.352 e. The van der Waals surface area contributed by atoms with Crippen molar-refractivity contribution < 1.29 is 9.59 Å². The molecule has 2 aromatic carbocycles. The van der Waals surface area contributed by atoms with Crippen molar-refractivity contribution in [3.8, 4) is 0 Å². The predicted molar refractivity (Wildman–Crippen MR) is 109 cm³/mol. The summed E-state index contributed by atoms with van der Waals surface area (Å²) < 4.78 is 0. The van der Waals surface area contributed by atoms with Crippen LogP contribution in [-0.4, -0.2) is 18.4 Å². The first-order valence-electron chi connectivity index (χ1n) is 9.75. The van der Waals surface area contributed by atoms with Gasteiger partial charge in [0.25, 0.3) is 0 Å². The van der Waals surface area contributed by atoms with Gasteiger partial charge in [0.1, 0.15) is 0 Å². The van der Waals surface area contributed by atoms with Crippen molar-refractivity contribution in [1.82, 2.24) is 5.32 Å². The molecule has 1 aliphatic heterocycles. The van der Waals surface area contributed by atoms with E-state index in [9.17, 15) is 9.59 Å². The van der Waals surface area contributed by atoms with Crippen LogP contribution in [-0.2, 0) is 29.0 Å². The van der Waals surface area contributed by atoms with Crippen molar-refractivity contribution in [2.45, 2.75) is 46.1 Å². The lowest BCUT2D eigenvalue weighted by molar-refractivity contribution is -0.120. The fourth-order valence-electron chi connectivity index (χ4n) is 3.43. The summed E-state index contributed by atoms with van der Waals surface area (Å²) in [6, 6.07) is 16.2. The molecule has 1 aliphatic rings. The van der Waals surface area contributed by atoms with Gasteiger partial charge < -0.3 is 10.2 Å². The summed E-state index contributed by atoms with van der Waals surface area (Å²) in [7, 11) is 0. The molecule has 2 amide bonds. The van der Waals surface area contributed by atoms with Gasteiger partial charge in [-0.2, -0.15) is 0 Å². The number of hydrogen-bond acceptors (Lipinski definition) is 2. The average molecular weight is 364 g/mol. The minimum Gasteiger partial charge on any atom is -0.352 e. The Morgan fingerprint density at radius 3 is 2.22 bits per heavy atom. The van der Waals surface area contributed by atoms with Gasteiger partial charge in [-0.1, -0.05) is 50.2 Å². The molecule has 0 aromatic heterocycles. The molecule has 1 N–H and O–H groups in total. The lowest BCUT2D eigenvalue weighted by Gasteiger charge is -2.16. The smallest absolute Gasteiger partial charge is 0.227 e. The van der Waals surface area contributed by atoms with Crippen LogP contribution in [0.1, 0.15) is 43.4 Å². The van der Waals surface area contributed by atoms with Crippen LogP contribution in [0.3, 0.4) is 0 Å². The van der Waals surface area contributed by atoms with Gasteiger partial charge in [-0.3, -0.25) is 9.59 Å². The summed E-state index contributed by atoms with van der Waals surface area (Å²) in [5.74, 6) is 0.843. The van der Waals surface area contributed by atoms with Gasteiger partial charge in [-0.25, -0.2) is 0 Å². The van der Waals surface area contributed by atoms with Gasteiger partial charge in [0.05, 0.1) is 6.42 Å². The molecule has 1 heterocycles. The molecular formula is C23H28N2O2. The Bertz CT molecular complexity index is 779. The summed E-state index contributed by atoms with van der Waals surface area (Å²) >= 11 is 0. The van der Waals surface area contributed by atoms with Gasteiger partial charge in [-0.05, 0) is 47.6 Å². The lowest BCUT2D eigenvalue weighted by Crippen LogP contribution is -2.25. The molecule has 1 saturated heterocycles. The molecule has 27 heavy (non-hydrogen) atoms. The molecule has 1 fully saturated rings. The van der Waals surface area contributed by atoms with E-state index in [-0.39, 0.29) is 11.8 Å². The van der Waals surface area contributed by atoms with Crippen LogP contribution >= 0.6 is 0 Å². The van der Waals surface area contributed by atoms with Crippen LogP contribution in [0.15, 0.2) is 48.5 Å². The summed E-state index contributed by atoms with van der Waals surface area (Å²) in [5, 5.41) is 2.97. The van der Waals surface area contributed by atoms with E-state index >= 15 is 0 Å². The molecule has 0 saturated carbocycles. The zero-order valence-electron chi connectivity index (χ0n) is 16.2. The molecule has 0 radical (unpaired) electrons. The van der Waals surface area contributed by atoms with Crippen LogP contribution in [0.4, 0.5) is 5.69 Å². The molecule has 0 aliphatic carbocycles. The fourth-order valence-corrected chi connectivity index (χ4v) is 3.43. The van der Waals surface area contributed by atoms with Crippen molar-refractivity contribution in [3.63, 3.8) is 0 Å². The summed E-state index contributed by atoms with van der Waals surface area (Å²) in [6.07, 6.45) is 3.01. The zero-order chi connectivity index (χ0) is 19.2. The maximum atomic E-state index is 12.2. The van der Waals surface area contributed by atoms with Crippen molar-refractivity contribution >= 4 is 17.5 Å². The highest BCUT2D eigenvalue weighted by Gasteiger charge is 2.21. The third-order valence-corrected chi connectivity index (χ3v) is 4.84. The SMILES string of the molecule is CC(C)Cc1ccc(CC(=O)NCc2ccc(N3CCCC3=O)cc2)cc1. The number of nitrogens with one attached hydrogen (secondary N) is 1. The highest BCUT2D eigenvalue weighted by Crippen LogP contribution is 2.21. The second-order valence-electron chi connectivity index (χ2n) is 7.68. The van der Waals surface area contributed by atoms with Crippen LogP contribution < -0.4 is 10.2 Å². The number of anilines is 1. The Morgan fingerprint density at radius 2 is 1.63 bits per heavy atom.